The smallest absolute Gasteiger partial charge is 0.331 e. The standard InChI is InChI=1S/C22H22N2O3S/c1-15-8-4-5-9-17(15)12-13-21(26)27-14-20(25)24(3)16(2)22-23-18-10-6-7-11-19(18)28-22/h4-13,16H,14H2,1-3H3/b13-12+/t16-/m1/s1. The zero-order valence-electron chi connectivity index (χ0n) is 16.1. The molecule has 3 aromatic rings. The van der Waals surface area contributed by atoms with Crippen LogP contribution in [0.4, 0.5) is 0 Å². The van der Waals surface area contributed by atoms with Gasteiger partial charge in [-0.15, -0.1) is 11.3 Å². The van der Waals surface area contributed by atoms with Gasteiger partial charge in [-0.05, 0) is 43.2 Å². The number of para-hydroxylation sites is 1. The number of carbonyl (C=O) groups excluding carboxylic acids is 2. The molecule has 0 radical (unpaired) electrons. The summed E-state index contributed by atoms with van der Waals surface area (Å²) in [6.45, 7) is 3.57. The summed E-state index contributed by atoms with van der Waals surface area (Å²) in [6, 6.07) is 15.4. The number of amides is 1. The van der Waals surface area contributed by atoms with Crippen LogP contribution in [0.3, 0.4) is 0 Å². The van der Waals surface area contributed by atoms with Crippen molar-refractivity contribution in [3.8, 4) is 0 Å². The van der Waals surface area contributed by atoms with Crippen LogP contribution in [0.5, 0.6) is 0 Å². The molecule has 6 heteroatoms. The predicted octanol–water partition coefficient (Wildman–Crippen LogP) is 4.38. The third kappa shape index (κ3) is 4.64. The van der Waals surface area contributed by atoms with Gasteiger partial charge in [0.25, 0.3) is 5.91 Å². The first-order valence-electron chi connectivity index (χ1n) is 8.97. The highest BCUT2D eigenvalue weighted by atomic mass is 32.1. The van der Waals surface area contributed by atoms with E-state index in [0.29, 0.717) is 0 Å². The molecule has 0 saturated heterocycles. The van der Waals surface area contributed by atoms with Crippen LogP contribution in [0.25, 0.3) is 16.3 Å². The van der Waals surface area contributed by atoms with Crippen molar-refractivity contribution in [1.29, 1.82) is 0 Å². The first-order chi connectivity index (χ1) is 13.5. The van der Waals surface area contributed by atoms with Gasteiger partial charge in [0.1, 0.15) is 5.01 Å². The Hall–Kier alpha value is -2.99. The highest BCUT2D eigenvalue weighted by Crippen LogP contribution is 2.28. The molecule has 2 aromatic carbocycles. The number of likely N-dealkylation sites (N-methyl/N-ethyl adjacent to an activating group) is 1. The van der Waals surface area contributed by atoms with E-state index in [4.69, 9.17) is 4.74 Å². The highest BCUT2D eigenvalue weighted by molar-refractivity contribution is 7.18. The molecule has 0 bridgehead atoms. The number of thiazole rings is 1. The third-order valence-electron chi connectivity index (χ3n) is 4.57. The van der Waals surface area contributed by atoms with E-state index in [0.717, 1.165) is 26.4 Å². The molecule has 144 valence electrons. The Morgan fingerprint density at radius 2 is 1.89 bits per heavy atom. The Labute approximate surface area is 168 Å². The number of carbonyl (C=O) groups is 2. The Balaban J connectivity index is 1.56. The molecule has 5 nitrogen and oxygen atoms in total. The molecule has 0 aliphatic heterocycles. The summed E-state index contributed by atoms with van der Waals surface area (Å²) in [4.78, 5) is 30.5. The summed E-state index contributed by atoms with van der Waals surface area (Å²) >= 11 is 1.56. The second kappa shape index (κ2) is 8.80. The second-order valence-electron chi connectivity index (χ2n) is 6.50. The fourth-order valence-electron chi connectivity index (χ4n) is 2.66. The number of ether oxygens (including phenoxy) is 1. The Morgan fingerprint density at radius 3 is 2.64 bits per heavy atom. The predicted molar refractivity (Wildman–Crippen MR) is 112 cm³/mol. The highest BCUT2D eigenvalue weighted by Gasteiger charge is 2.21. The SMILES string of the molecule is Cc1ccccc1/C=C/C(=O)OCC(=O)N(C)[C@H](C)c1nc2ccccc2s1. The molecule has 0 aliphatic carbocycles. The fraction of sp³-hybridized carbons (Fsp3) is 0.227. The van der Waals surface area contributed by atoms with Crippen molar-refractivity contribution in [1.82, 2.24) is 9.88 Å². The van der Waals surface area contributed by atoms with Crippen LogP contribution in [0.1, 0.15) is 29.1 Å². The molecular weight excluding hydrogens is 372 g/mol. The average Bonchev–Trinajstić information content (AvgIpc) is 3.14. The number of benzene rings is 2. The van der Waals surface area contributed by atoms with Crippen LogP contribution in [-0.4, -0.2) is 35.4 Å². The molecule has 1 atom stereocenters. The summed E-state index contributed by atoms with van der Waals surface area (Å²) < 4.78 is 6.18. The van der Waals surface area contributed by atoms with Crippen molar-refractivity contribution < 1.29 is 14.3 Å². The lowest BCUT2D eigenvalue weighted by molar-refractivity contribution is -0.148. The Kier molecular flexibility index (Phi) is 6.21. The van der Waals surface area contributed by atoms with Gasteiger partial charge in [-0.3, -0.25) is 4.79 Å². The summed E-state index contributed by atoms with van der Waals surface area (Å²) in [5.41, 5.74) is 2.92. The minimum absolute atomic E-state index is 0.203. The molecule has 1 aromatic heterocycles. The van der Waals surface area contributed by atoms with Gasteiger partial charge >= 0.3 is 5.97 Å². The lowest BCUT2D eigenvalue weighted by Gasteiger charge is -2.22. The van der Waals surface area contributed by atoms with Gasteiger partial charge in [0, 0.05) is 13.1 Å². The normalized spacial score (nSPS) is 12.2. The number of nitrogens with zero attached hydrogens (tertiary/aromatic N) is 2. The van der Waals surface area contributed by atoms with E-state index in [-0.39, 0.29) is 18.6 Å². The maximum atomic E-state index is 12.4. The van der Waals surface area contributed by atoms with Crippen molar-refractivity contribution in [2.24, 2.45) is 0 Å². The molecule has 0 N–H and O–H groups in total. The van der Waals surface area contributed by atoms with Crippen LogP contribution in [0.2, 0.25) is 0 Å². The van der Waals surface area contributed by atoms with Gasteiger partial charge in [-0.1, -0.05) is 36.4 Å². The number of rotatable bonds is 6. The van der Waals surface area contributed by atoms with Gasteiger partial charge in [-0.2, -0.15) is 0 Å². The van der Waals surface area contributed by atoms with E-state index < -0.39 is 5.97 Å². The van der Waals surface area contributed by atoms with Gasteiger partial charge in [0.15, 0.2) is 6.61 Å². The van der Waals surface area contributed by atoms with E-state index in [9.17, 15) is 9.59 Å². The third-order valence-corrected chi connectivity index (χ3v) is 5.77. The number of fused-ring (bicyclic) bond motifs is 1. The van der Waals surface area contributed by atoms with Crippen LogP contribution in [-0.2, 0) is 14.3 Å². The lowest BCUT2D eigenvalue weighted by atomic mass is 10.1. The number of hydrogen-bond donors (Lipinski definition) is 0. The summed E-state index contributed by atoms with van der Waals surface area (Å²) in [7, 11) is 1.69. The minimum Gasteiger partial charge on any atom is -0.452 e. The maximum absolute atomic E-state index is 12.4. The monoisotopic (exact) mass is 394 g/mol. The number of esters is 1. The van der Waals surface area contributed by atoms with Gasteiger partial charge in [-0.25, -0.2) is 9.78 Å². The summed E-state index contributed by atoms with van der Waals surface area (Å²) in [5.74, 6) is -0.818. The van der Waals surface area contributed by atoms with Crippen molar-refractivity contribution >= 4 is 39.5 Å². The van der Waals surface area contributed by atoms with Crippen LogP contribution in [0.15, 0.2) is 54.6 Å². The number of hydrogen-bond acceptors (Lipinski definition) is 5. The second-order valence-corrected chi connectivity index (χ2v) is 7.56. The largest absolute Gasteiger partial charge is 0.452 e. The lowest BCUT2D eigenvalue weighted by Crippen LogP contribution is -2.33. The van der Waals surface area contributed by atoms with E-state index in [1.807, 2.05) is 62.4 Å². The van der Waals surface area contributed by atoms with Crippen LogP contribution < -0.4 is 0 Å². The molecule has 0 spiro atoms. The molecule has 0 aliphatic rings. The van der Waals surface area contributed by atoms with Crippen LogP contribution in [0, 0.1) is 6.92 Å². The van der Waals surface area contributed by atoms with E-state index >= 15 is 0 Å². The Bertz CT molecular complexity index is 992. The molecule has 0 unspecified atom stereocenters. The summed E-state index contributed by atoms with van der Waals surface area (Å²) in [5, 5.41) is 0.850. The first kappa shape index (κ1) is 19.8. The molecule has 0 saturated carbocycles. The van der Waals surface area contributed by atoms with Crippen molar-refractivity contribution in [2.75, 3.05) is 13.7 Å². The topological polar surface area (TPSA) is 59.5 Å². The maximum Gasteiger partial charge on any atom is 0.331 e. The Morgan fingerprint density at radius 1 is 1.18 bits per heavy atom. The van der Waals surface area contributed by atoms with E-state index in [2.05, 4.69) is 4.98 Å². The fourth-order valence-corrected chi connectivity index (χ4v) is 3.73. The minimum atomic E-state index is -0.544. The first-order valence-corrected chi connectivity index (χ1v) is 9.79. The summed E-state index contributed by atoms with van der Waals surface area (Å²) in [6.07, 6.45) is 3.03. The van der Waals surface area contributed by atoms with Crippen molar-refractivity contribution in [2.45, 2.75) is 19.9 Å². The van der Waals surface area contributed by atoms with Crippen LogP contribution >= 0.6 is 11.3 Å². The van der Waals surface area contributed by atoms with Crippen molar-refractivity contribution in [3.63, 3.8) is 0 Å². The van der Waals surface area contributed by atoms with Gasteiger partial charge in [0.2, 0.25) is 0 Å². The number of aryl methyl sites for hydroxylation is 1. The molecule has 28 heavy (non-hydrogen) atoms. The molecule has 0 fully saturated rings. The molecule has 1 amide bonds. The quantitative estimate of drug-likeness (QED) is 0.460. The van der Waals surface area contributed by atoms with E-state index in [1.54, 1.807) is 29.4 Å². The average molecular weight is 394 g/mol. The van der Waals surface area contributed by atoms with Gasteiger partial charge < -0.3 is 9.64 Å². The molecule has 3 rings (SSSR count). The zero-order valence-corrected chi connectivity index (χ0v) is 16.9. The van der Waals surface area contributed by atoms with E-state index in [1.165, 1.54) is 6.08 Å². The van der Waals surface area contributed by atoms with Crippen molar-refractivity contribution in [3.05, 3.63) is 70.7 Å². The number of aromatic nitrogens is 1. The zero-order chi connectivity index (χ0) is 20.1. The molecular formula is C22H22N2O3S. The van der Waals surface area contributed by atoms with Gasteiger partial charge in [0.05, 0.1) is 16.3 Å². The molecule has 1 heterocycles.